The molecule has 0 fully saturated rings. The third-order valence-corrected chi connectivity index (χ3v) is 4.42. The van der Waals surface area contributed by atoms with Crippen molar-refractivity contribution in [3.05, 3.63) is 28.2 Å². The van der Waals surface area contributed by atoms with Crippen molar-refractivity contribution in [1.82, 2.24) is 10.2 Å². The lowest BCUT2D eigenvalue weighted by Gasteiger charge is -2.15. The van der Waals surface area contributed by atoms with E-state index < -0.39 is 0 Å². The molecule has 1 unspecified atom stereocenters. The molecule has 2 nitrogen and oxygen atoms in total. The van der Waals surface area contributed by atoms with Crippen molar-refractivity contribution in [3.63, 3.8) is 0 Å². The molecule has 0 amide bonds. The molecule has 4 heteroatoms. The summed E-state index contributed by atoms with van der Waals surface area (Å²) in [7, 11) is 4.22. The fourth-order valence-corrected chi connectivity index (χ4v) is 3.64. The summed E-state index contributed by atoms with van der Waals surface area (Å²) in [6.07, 6.45) is 0. The van der Waals surface area contributed by atoms with Gasteiger partial charge in [-0.15, -0.1) is 11.8 Å². The Morgan fingerprint density at radius 2 is 2.11 bits per heavy atom. The van der Waals surface area contributed by atoms with Crippen molar-refractivity contribution in [3.8, 4) is 0 Å². The van der Waals surface area contributed by atoms with Gasteiger partial charge in [0, 0.05) is 27.7 Å². The van der Waals surface area contributed by atoms with Crippen LogP contribution in [0.25, 0.3) is 0 Å². The number of thioether (sulfide) groups is 1. The molecule has 0 aliphatic rings. The van der Waals surface area contributed by atoms with Crippen LogP contribution in [-0.2, 0) is 0 Å². The van der Waals surface area contributed by atoms with Gasteiger partial charge in [-0.25, -0.2) is 0 Å². The summed E-state index contributed by atoms with van der Waals surface area (Å²) in [6, 6.07) is 7.05. The van der Waals surface area contributed by atoms with Gasteiger partial charge in [-0.05, 0) is 45.3 Å². The minimum atomic E-state index is 0.394. The first-order valence-electron chi connectivity index (χ1n) is 6.35. The lowest BCUT2D eigenvalue weighted by molar-refractivity contribution is 0.437. The summed E-state index contributed by atoms with van der Waals surface area (Å²) in [4.78, 5) is 3.54. The maximum atomic E-state index is 3.67. The maximum Gasteiger partial charge on any atom is 0.0302 e. The average Bonchev–Trinajstić information content (AvgIpc) is 2.28. The summed E-state index contributed by atoms with van der Waals surface area (Å²) >= 11 is 5.58. The number of hydrogen-bond donors (Lipinski definition) is 1. The lowest BCUT2D eigenvalue weighted by atomic mass is 10.1. The Kier molecular flexibility index (Phi) is 7.30. The molecule has 1 atom stereocenters. The Labute approximate surface area is 124 Å². The Bertz CT molecular complexity index is 369. The van der Waals surface area contributed by atoms with Crippen LogP contribution in [0.5, 0.6) is 0 Å². The summed E-state index contributed by atoms with van der Waals surface area (Å²) in [5.41, 5.74) is 1.33. The van der Waals surface area contributed by atoms with Crippen LogP contribution in [0, 0.1) is 0 Å². The molecule has 0 heterocycles. The lowest BCUT2D eigenvalue weighted by Crippen LogP contribution is -2.18. The highest BCUT2D eigenvalue weighted by atomic mass is 79.9. The van der Waals surface area contributed by atoms with Crippen LogP contribution >= 0.6 is 27.7 Å². The van der Waals surface area contributed by atoms with E-state index in [4.69, 9.17) is 0 Å². The van der Waals surface area contributed by atoms with E-state index in [0.29, 0.717) is 6.04 Å². The normalized spacial score (nSPS) is 13.0. The molecule has 18 heavy (non-hydrogen) atoms. The van der Waals surface area contributed by atoms with E-state index in [0.717, 1.165) is 18.8 Å². The third kappa shape index (κ3) is 5.31. The molecule has 0 aliphatic carbocycles. The van der Waals surface area contributed by atoms with E-state index in [9.17, 15) is 0 Å². The molecule has 1 rings (SSSR count). The number of nitrogens with one attached hydrogen (secondary N) is 1. The van der Waals surface area contributed by atoms with Crippen molar-refractivity contribution in [2.45, 2.75) is 24.8 Å². The van der Waals surface area contributed by atoms with Crippen LogP contribution in [0.15, 0.2) is 27.6 Å². The van der Waals surface area contributed by atoms with Crippen molar-refractivity contribution in [2.75, 3.05) is 32.9 Å². The second kappa shape index (κ2) is 8.20. The zero-order valence-electron chi connectivity index (χ0n) is 11.7. The van der Waals surface area contributed by atoms with Gasteiger partial charge in [-0.2, -0.15) is 0 Å². The molecule has 0 spiro atoms. The topological polar surface area (TPSA) is 15.3 Å². The van der Waals surface area contributed by atoms with Gasteiger partial charge in [0.15, 0.2) is 0 Å². The van der Waals surface area contributed by atoms with Crippen molar-refractivity contribution < 1.29 is 0 Å². The van der Waals surface area contributed by atoms with Gasteiger partial charge >= 0.3 is 0 Å². The molecular formula is C14H23BrN2S. The molecule has 1 N–H and O–H groups in total. The smallest absolute Gasteiger partial charge is 0.0302 e. The molecule has 1 aromatic rings. The highest BCUT2D eigenvalue weighted by Crippen LogP contribution is 2.28. The quantitative estimate of drug-likeness (QED) is 0.766. The van der Waals surface area contributed by atoms with E-state index in [1.807, 2.05) is 11.8 Å². The molecule has 0 aromatic heterocycles. The zero-order valence-corrected chi connectivity index (χ0v) is 14.1. The van der Waals surface area contributed by atoms with E-state index in [1.165, 1.54) is 14.9 Å². The number of halogens is 1. The number of benzene rings is 1. The Balaban J connectivity index is 2.61. The molecule has 0 aliphatic heterocycles. The molecule has 0 bridgehead atoms. The summed E-state index contributed by atoms with van der Waals surface area (Å²) < 4.78 is 1.20. The highest BCUT2D eigenvalue weighted by molar-refractivity contribution is 9.10. The number of hydrogen-bond acceptors (Lipinski definition) is 3. The van der Waals surface area contributed by atoms with Crippen LogP contribution in [0.4, 0.5) is 0 Å². The van der Waals surface area contributed by atoms with Gasteiger partial charge in [-0.3, -0.25) is 0 Å². The van der Waals surface area contributed by atoms with Crippen LogP contribution in [0.2, 0.25) is 0 Å². The molecule has 1 aromatic carbocycles. The summed E-state index contributed by atoms with van der Waals surface area (Å²) in [6.45, 7) is 6.43. The van der Waals surface area contributed by atoms with Gasteiger partial charge in [0.25, 0.3) is 0 Å². The zero-order chi connectivity index (χ0) is 13.5. The van der Waals surface area contributed by atoms with Crippen molar-refractivity contribution in [2.24, 2.45) is 0 Å². The minimum Gasteiger partial charge on any atom is -0.310 e. The fraction of sp³-hybridized carbons (Fsp3) is 0.571. The first kappa shape index (κ1) is 16.0. The largest absolute Gasteiger partial charge is 0.310 e. The van der Waals surface area contributed by atoms with Crippen LogP contribution in [0.3, 0.4) is 0 Å². The molecule has 0 radical (unpaired) electrons. The van der Waals surface area contributed by atoms with Gasteiger partial charge in [0.05, 0.1) is 0 Å². The molecule has 102 valence electrons. The van der Waals surface area contributed by atoms with Crippen LogP contribution < -0.4 is 5.32 Å². The van der Waals surface area contributed by atoms with E-state index >= 15 is 0 Å². The summed E-state index contributed by atoms with van der Waals surface area (Å²) in [5.74, 6) is 1.13. The second-order valence-electron chi connectivity index (χ2n) is 4.61. The van der Waals surface area contributed by atoms with Gasteiger partial charge in [0.2, 0.25) is 0 Å². The minimum absolute atomic E-state index is 0.394. The molecule has 0 saturated heterocycles. The summed E-state index contributed by atoms with van der Waals surface area (Å²) in [5, 5.41) is 3.44. The maximum absolute atomic E-state index is 3.67. The van der Waals surface area contributed by atoms with Gasteiger partial charge in [-0.1, -0.05) is 28.9 Å². The predicted molar refractivity (Wildman–Crippen MR) is 85.5 cm³/mol. The van der Waals surface area contributed by atoms with E-state index in [2.05, 4.69) is 72.3 Å². The molecule has 0 saturated carbocycles. The van der Waals surface area contributed by atoms with Gasteiger partial charge in [0.1, 0.15) is 0 Å². The first-order valence-corrected chi connectivity index (χ1v) is 8.12. The van der Waals surface area contributed by atoms with Crippen LogP contribution in [0.1, 0.15) is 25.5 Å². The Morgan fingerprint density at radius 1 is 1.39 bits per heavy atom. The second-order valence-corrected chi connectivity index (χ2v) is 6.64. The highest BCUT2D eigenvalue weighted by Gasteiger charge is 2.08. The standard InChI is InChI=1S/C14H23BrN2S/c1-5-16-11(2)13-7-6-12(10-14(13)15)18-9-8-17(3)4/h6-7,10-11,16H,5,8-9H2,1-4H3. The number of nitrogens with zero attached hydrogens (tertiary/aromatic N) is 1. The Morgan fingerprint density at radius 3 is 2.67 bits per heavy atom. The average molecular weight is 331 g/mol. The SMILES string of the molecule is CCNC(C)c1ccc(SCCN(C)C)cc1Br. The predicted octanol–water partition coefficient (Wildman–Crippen LogP) is 3.77. The Hall–Kier alpha value is -0.0300. The van der Waals surface area contributed by atoms with Crippen molar-refractivity contribution >= 4 is 27.7 Å². The molecular weight excluding hydrogens is 308 g/mol. The van der Waals surface area contributed by atoms with Crippen molar-refractivity contribution in [1.29, 1.82) is 0 Å². The first-order chi connectivity index (χ1) is 8.54. The van der Waals surface area contributed by atoms with E-state index in [-0.39, 0.29) is 0 Å². The third-order valence-electron chi connectivity index (χ3n) is 2.76. The van der Waals surface area contributed by atoms with Crippen LogP contribution in [-0.4, -0.2) is 37.8 Å². The monoisotopic (exact) mass is 330 g/mol. The van der Waals surface area contributed by atoms with E-state index in [1.54, 1.807) is 0 Å². The fourth-order valence-electron chi connectivity index (χ4n) is 1.71. The number of rotatable bonds is 7. The van der Waals surface area contributed by atoms with Gasteiger partial charge < -0.3 is 10.2 Å².